The fourth-order valence-corrected chi connectivity index (χ4v) is 3.68. The van der Waals surface area contributed by atoms with E-state index in [9.17, 15) is 4.79 Å². The second kappa shape index (κ2) is 8.84. The van der Waals surface area contributed by atoms with Crippen LogP contribution in [0.5, 0.6) is 0 Å². The Balaban J connectivity index is 1.68. The molecule has 1 aromatic carbocycles. The van der Waals surface area contributed by atoms with Gasteiger partial charge in [0, 0.05) is 37.4 Å². The number of halogens is 1. The summed E-state index contributed by atoms with van der Waals surface area (Å²) in [7, 11) is 0. The number of rotatable bonds is 5. The van der Waals surface area contributed by atoms with Gasteiger partial charge in [-0.2, -0.15) is 0 Å². The average molecular weight is 351 g/mol. The number of hydrogen-bond acceptors (Lipinski definition) is 3. The van der Waals surface area contributed by atoms with Crippen LogP contribution >= 0.6 is 11.6 Å². The van der Waals surface area contributed by atoms with E-state index in [1.165, 1.54) is 6.42 Å². The van der Waals surface area contributed by atoms with Crippen LogP contribution < -0.4 is 5.32 Å². The molecular formula is C19H27ClN2O2. The largest absolute Gasteiger partial charge is 0.381 e. The Morgan fingerprint density at radius 1 is 1.17 bits per heavy atom. The maximum Gasteiger partial charge on any atom is 0.240 e. The molecule has 2 aliphatic rings. The van der Waals surface area contributed by atoms with E-state index in [2.05, 4.69) is 5.32 Å². The molecule has 0 radical (unpaired) electrons. The first-order chi connectivity index (χ1) is 11.7. The molecule has 1 atom stereocenters. The average Bonchev–Trinajstić information content (AvgIpc) is 2.64. The number of ether oxygens (including phenoxy) is 1. The van der Waals surface area contributed by atoms with Crippen LogP contribution in [0.1, 0.15) is 37.7 Å². The van der Waals surface area contributed by atoms with Crippen LogP contribution in [0.3, 0.4) is 0 Å². The zero-order valence-corrected chi connectivity index (χ0v) is 14.9. The van der Waals surface area contributed by atoms with Gasteiger partial charge in [0.15, 0.2) is 0 Å². The van der Waals surface area contributed by atoms with Crippen LogP contribution in [0.15, 0.2) is 24.3 Å². The van der Waals surface area contributed by atoms with Gasteiger partial charge in [-0.05, 0) is 56.2 Å². The summed E-state index contributed by atoms with van der Waals surface area (Å²) in [5.41, 5.74) is 1.15. The molecule has 3 rings (SSSR count). The Bertz CT molecular complexity index is 523. The second-order valence-corrected chi connectivity index (χ2v) is 7.26. The predicted octanol–water partition coefficient (Wildman–Crippen LogP) is 3.03. The summed E-state index contributed by atoms with van der Waals surface area (Å²) in [5, 5.41) is 4.34. The van der Waals surface area contributed by atoms with Gasteiger partial charge in [0.2, 0.25) is 5.91 Å². The molecule has 132 valence electrons. The van der Waals surface area contributed by atoms with E-state index in [1.807, 2.05) is 29.2 Å². The number of nitrogens with zero attached hydrogens (tertiary/aromatic N) is 1. The monoisotopic (exact) mass is 350 g/mol. The standard InChI is InChI=1S/C19H27ClN2O2/c20-16-6-4-15(5-7-16)14-18(21-17-8-12-24-13-9-17)19(23)22-10-2-1-3-11-22/h4-7,17-18,21H,1-3,8-14H2/t18-/m1/s1. The van der Waals surface area contributed by atoms with Gasteiger partial charge in [-0.15, -0.1) is 0 Å². The van der Waals surface area contributed by atoms with Gasteiger partial charge >= 0.3 is 0 Å². The highest BCUT2D eigenvalue weighted by atomic mass is 35.5. The van der Waals surface area contributed by atoms with E-state index in [4.69, 9.17) is 16.3 Å². The lowest BCUT2D eigenvalue weighted by Crippen LogP contribution is -2.53. The van der Waals surface area contributed by atoms with E-state index in [0.29, 0.717) is 12.5 Å². The van der Waals surface area contributed by atoms with E-state index in [0.717, 1.165) is 62.6 Å². The Morgan fingerprint density at radius 3 is 2.50 bits per heavy atom. The van der Waals surface area contributed by atoms with E-state index in [1.54, 1.807) is 0 Å². The molecule has 0 aliphatic carbocycles. The lowest BCUT2D eigenvalue weighted by molar-refractivity contribution is -0.134. The molecule has 5 heteroatoms. The Kier molecular flexibility index (Phi) is 6.52. The van der Waals surface area contributed by atoms with Crippen LogP contribution in [0.4, 0.5) is 0 Å². The number of benzene rings is 1. The topological polar surface area (TPSA) is 41.6 Å². The molecule has 0 aromatic heterocycles. The molecule has 1 aromatic rings. The smallest absolute Gasteiger partial charge is 0.240 e. The fourth-order valence-electron chi connectivity index (χ4n) is 3.56. The SMILES string of the molecule is O=C([C@@H](Cc1ccc(Cl)cc1)NC1CCOCC1)N1CCCCC1. The predicted molar refractivity (Wildman–Crippen MR) is 96.4 cm³/mol. The van der Waals surface area contributed by atoms with E-state index < -0.39 is 0 Å². The molecular weight excluding hydrogens is 324 g/mol. The maximum atomic E-state index is 13.0. The van der Waals surface area contributed by atoms with Crippen molar-refractivity contribution in [1.82, 2.24) is 10.2 Å². The van der Waals surface area contributed by atoms with Crippen LogP contribution in [-0.4, -0.2) is 49.2 Å². The minimum absolute atomic E-state index is 0.160. The van der Waals surface area contributed by atoms with Gasteiger partial charge < -0.3 is 15.0 Å². The summed E-state index contributed by atoms with van der Waals surface area (Å²) < 4.78 is 5.44. The molecule has 2 fully saturated rings. The van der Waals surface area contributed by atoms with Gasteiger partial charge in [-0.25, -0.2) is 0 Å². The molecule has 2 heterocycles. The summed E-state index contributed by atoms with van der Waals surface area (Å²) in [6.45, 7) is 3.35. The van der Waals surface area contributed by atoms with Gasteiger partial charge in [-0.1, -0.05) is 23.7 Å². The van der Waals surface area contributed by atoms with Gasteiger partial charge in [0.25, 0.3) is 0 Å². The van der Waals surface area contributed by atoms with Crippen molar-refractivity contribution < 1.29 is 9.53 Å². The van der Waals surface area contributed by atoms with Crippen molar-refractivity contribution in [2.75, 3.05) is 26.3 Å². The Hall–Kier alpha value is -1.10. The van der Waals surface area contributed by atoms with Crippen LogP contribution in [0, 0.1) is 0 Å². The molecule has 4 nitrogen and oxygen atoms in total. The second-order valence-electron chi connectivity index (χ2n) is 6.82. The van der Waals surface area contributed by atoms with Gasteiger partial charge in [-0.3, -0.25) is 4.79 Å². The third kappa shape index (κ3) is 4.95. The summed E-state index contributed by atoms with van der Waals surface area (Å²) in [6, 6.07) is 8.04. The lowest BCUT2D eigenvalue weighted by atomic mass is 10.0. The number of hydrogen-bond donors (Lipinski definition) is 1. The van der Waals surface area contributed by atoms with Crippen molar-refractivity contribution >= 4 is 17.5 Å². The van der Waals surface area contributed by atoms with Crippen LogP contribution in [-0.2, 0) is 16.0 Å². The number of piperidine rings is 1. The number of carbonyl (C=O) groups excluding carboxylic acids is 1. The number of nitrogens with one attached hydrogen (secondary N) is 1. The van der Waals surface area contributed by atoms with Crippen molar-refractivity contribution in [3.8, 4) is 0 Å². The fraction of sp³-hybridized carbons (Fsp3) is 0.632. The molecule has 0 saturated carbocycles. The highest BCUT2D eigenvalue weighted by Crippen LogP contribution is 2.16. The third-order valence-electron chi connectivity index (χ3n) is 4.98. The lowest BCUT2D eigenvalue weighted by Gasteiger charge is -2.33. The molecule has 1 N–H and O–H groups in total. The van der Waals surface area contributed by atoms with Gasteiger partial charge in [0.05, 0.1) is 6.04 Å². The summed E-state index contributed by atoms with van der Waals surface area (Å²) in [4.78, 5) is 15.1. The summed E-state index contributed by atoms with van der Waals surface area (Å²) >= 11 is 5.98. The maximum absolute atomic E-state index is 13.0. The zero-order valence-electron chi connectivity index (χ0n) is 14.2. The van der Waals surface area contributed by atoms with Crippen molar-refractivity contribution in [3.05, 3.63) is 34.9 Å². The first kappa shape index (κ1) is 17.7. The minimum Gasteiger partial charge on any atom is -0.381 e. The molecule has 1 amide bonds. The first-order valence-corrected chi connectivity index (χ1v) is 9.47. The Morgan fingerprint density at radius 2 is 1.83 bits per heavy atom. The quantitative estimate of drug-likeness (QED) is 0.887. The third-order valence-corrected chi connectivity index (χ3v) is 5.23. The first-order valence-electron chi connectivity index (χ1n) is 9.09. The normalized spacial score (nSPS) is 20.8. The van der Waals surface area contributed by atoms with Crippen LogP contribution in [0.2, 0.25) is 5.02 Å². The zero-order chi connectivity index (χ0) is 16.8. The summed E-state index contributed by atoms with van der Waals surface area (Å²) in [6.07, 6.45) is 6.14. The van der Waals surface area contributed by atoms with Crippen molar-refractivity contribution in [2.24, 2.45) is 0 Å². The molecule has 2 aliphatic heterocycles. The number of likely N-dealkylation sites (tertiary alicyclic amines) is 1. The van der Waals surface area contributed by atoms with Crippen molar-refractivity contribution in [3.63, 3.8) is 0 Å². The molecule has 2 saturated heterocycles. The molecule has 24 heavy (non-hydrogen) atoms. The number of amides is 1. The Labute approximate surface area is 149 Å². The van der Waals surface area contributed by atoms with Gasteiger partial charge in [0.1, 0.15) is 0 Å². The van der Waals surface area contributed by atoms with E-state index >= 15 is 0 Å². The molecule has 0 unspecified atom stereocenters. The molecule has 0 bridgehead atoms. The summed E-state index contributed by atoms with van der Waals surface area (Å²) in [5.74, 6) is 0.246. The highest BCUT2D eigenvalue weighted by molar-refractivity contribution is 6.30. The number of carbonyl (C=O) groups is 1. The highest BCUT2D eigenvalue weighted by Gasteiger charge is 2.28. The molecule has 0 spiro atoms. The van der Waals surface area contributed by atoms with Crippen molar-refractivity contribution in [1.29, 1.82) is 0 Å². The minimum atomic E-state index is -0.160. The van der Waals surface area contributed by atoms with E-state index in [-0.39, 0.29) is 11.9 Å². The van der Waals surface area contributed by atoms with Crippen molar-refractivity contribution in [2.45, 2.75) is 50.6 Å². The van der Waals surface area contributed by atoms with Crippen LogP contribution in [0.25, 0.3) is 0 Å².